The molecule has 1 heterocycles. The van der Waals surface area contributed by atoms with Crippen molar-refractivity contribution < 1.29 is 32.7 Å². The largest absolute Gasteiger partial charge is 0.466 e. The van der Waals surface area contributed by atoms with E-state index in [1.807, 2.05) is 12.1 Å². The number of methoxy groups -OCH3 is 2. The number of rotatable bonds is 6. The molecule has 0 saturated carbocycles. The lowest BCUT2D eigenvalue weighted by Gasteiger charge is -2.38. The molecule has 0 fully saturated rings. The molecule has 1 aromatic rings. The number of hydrogen-bond acceptors (Lipinski definition) is 8. The van der Waals surface area contributed by atoms with Crippen molar-refractivity contribution >= 4 is 31.3 Å². The summed E-state index contributed by atoms with van der Waals surface area (Å²) in [6.07, 6.45) is 4.31. The Hall–Kier alpha value is -2.41. The van der Waals surface area contributed by atoms with Crippen LogP contribution in [-0.4, -0.2) is 46.2 Å². The van der Waals surface area contributed by atoms with Crippen LogP contribution in [0.15, 0.2) is 42.1 Å². The number of ether oxygens (including phenoxy) is 2. The zero-order valence-corrected chi connectivity index (χ0v) is 15.8. The number of benzene rings is 1. The number of fused-ring (bicyclic) bond motifs is 1. The van der Waals surface area contributed by atoms with Crippen molar-refractivity contribution in [2.24, 2.45) is 0 Å². The van der Waals surface area contributed by atoms with Gasteiger partial charge in [0.15, 0.2) is 5.78 Å². The first-order valence-electron chi connectivity index (χ1n) is 7.57. The van der Waals surface area contributed by atoms with Crippen LogP contribution >= 0.6 is 7.60 Å². The number of esters is 2. The minimum absolute atomic E-state index is 0.157. The lowest BCUT2D eigenvalue weighted by molar-refractivity contribution is -0.138. The van der Waals surface area contributed by atoms with Crippen LogP contribution in [0.25, 0.3) is 6.08 Å². The van der Waals surface area contributed by atoms with Gasteiger partial charge in [-0.2, -0.15) is 0 Å². The average molecular weight is 381 g/mol. The molecule has 1 aliphatic rings. The lowest BCUT2D eigenvalue weighted by atomic mass is 10.1. The highest BCUT2D eigenvalue weighted by Crippen LogP contribution is 2.56. The molecule has 0 amide bonds. The number of carbonyl (C=O) groups is 2. The Morgan fingerprint density at radius 1 is 1.08 bits per heavy atom. The van der Waals surface area contributed by atoms with Crippen LogP contribution in [-0.2, 0) is 32.7 Å². The maximum absolute atomic E-state index is 13.1. The first kappa shape index (κ1) is 19.9. The van der Waals surface area contributed by atoms with Crippen molar-refractivity contribution in [2.45, 2.75) is 5.78 Å². The van der Waals surface area contributed by atoms with E-state index in [1.54, 1.807) is 24.3 Å². The fraction of sp³-hybridized carbons (Fsp3) is 0.294. The summed E-state index contributed by atoms with van der Waals surface area (Å²) >= 11 is 0. The summed E-state index contributed by atoms with van der Waals surface area (Å²) in [5, 5.41) is 0. The van der Waals surface area contributed by atoms with Gasteiger partial charge in [-0.15, -0.1) is 0 Å². The molecule has 0 saturated heterocycles. The second kappa shape index (κ2) is 8.31. The minimum atomic E-state index is -3.69. The van der Waals surface area contributed by atoms with Gasteiger partial charge >= 0.3 is 19.5 Å². The van der Waals surface area contributed by atoms with Crippen LogP contribution < -0.4 is 4.90 Å². The Balaban J connectivity index is 2.72. The van der Waals surface area contributed by atoms with E-state index in [-0.39, 0.29) is 5.70 Å². The molecule has 1 atom stereocenters. The lowest BCUT2D eigenvalue weighted by Crippen LogP contribution is -2.39. The van der Waals surface area contributed by atoms with E-state index in [0.29, 0.717) is 5.69 Å². The quantitative estimate of drug-likeness (QED) is 0.422. The van der Waals surface area contributed by atoms with Gasteiger partial charge in [-0.25, -0.2) is 9.59 Å². The van der Waals surface area contributed by atoms with Crippen molar-refractivity contribution in [1.29, 1.82) is 0 Å². The fourth-order valence-electron chi connectivity index (χ4n) is 2.58. The summed E-state index contributed by atoms with van der Waals surface area (Å²) in [7, 11) is 1.18. The standard InChI is InChI=1S/C17H20NO7P/c1-22-16(19)11-14(17(20)23-2)18-13-8-6-5-7-12(13)9-10-15(18)26(21,24-3)25-4/h5-11,15H,1-4H3/b14-11+. The SMILES string of the molecule is COC(=O)/C=C(\C(=O)OC)N1c2ccccc2C=CC1P(=O)(OC)OC. The molecule has 0 aliphatic carbocycles. The van der Waals surface area contributed by atoms with Crippen LogP contribution in [0.2, 0.25) is 0 Å². The third-order valence-corrected chi connectivity index (χ3v) is 5.92. The molecule has 9 heteroatoms. The van der Waals surface area contributed by atoms with Gasteiger partial charge in [0.25, 0.3) is 0 Å². The monoisotopic (exact) mass is 381 g/mol. The molecule has 26 heavy (non-hydrogen) atoms. The maximum atomic E-state index is 13.1. The molecule has 1 aliphatic heterocycles. The molecule has 1 aromatic carbocycles. The number of hydrogen-bond donors (Lipinski definition) is 0. The normalized spacial score (nSPS) is 16.8. The van der Waals surface area contributed by atoms with E-state index in [4.69, 9.17) is 13.8 Å². The zero-order valence-electron chi connectivity index (χ0n) is 14.9. The number of nitrogens with zero attached hydrogens (tertiary/aromatic N) is 1. The van der Waals surface area contributed by atoms with Crippen LogP contribution in [0.3, 0.4) is 0 Å². The Morgan fingerprint density at radius 3 is 2.31 bits per heavy atom. The highest BCUT2D eigenvalue weighted by Gasteiger charge is 2.42. The molecule has 0 spiro atoms. The molecular weight excluding hydrogens is 361 g/mol. The number of para-hydroxylation sites is 1. The topological polar surface area (TPSA) is 91.4 Å². The van der Waals surface area contributed by atoms with Crippen LogP contribution in [0.5, 0.6) is 0 Å². The van der Waals surface area contributed by atoms with Gasteiger partial charge in [-0.3, -0.25) is 4.57 Å². The summed E-state index contributed by atoms with van der Waals surface area (Å²) < 4.78 is 32.7. The van der Waals surface area contributed by atoms with Crippen LogP contribution in [0, 0.1) is 0 Å². The van der Waals surface area contributed by atoms with Crippen molar-refractivity contribution in [3.8, 4) is 0 Å². The van der Waals surface area contributed by atoms with Gasteiger partial charge in [0.1, 0.15) is 5.70 Å². The Kier molecular flexibility index (Phi) is 6.37. The predicted octanol–water partition coefficient (Wildman–Crippen LogP) is 2.56. The Morgan fingerprint density at radius 2 is 1.73 bits per heavy atom. The zero-order chi connectivity index (χ0) is 19.3. The molecule has 0 radical (unpaired) electrons. The van der Waals surface area contributed by atoms with Gasteiger partial charge in [-0.05, 0) is 17.7 Å². The van der Waals surface area contributed by atoms with Crippen molar-refractivity contribution in [2.75, 3.05) is 33.3 Å². The van der Waals surface area contributed by atoms with Crippen molar-refractivity contribution in [3.05, 3.63) is 47.7 Å². The highest BCUT2D eigenvalue weighted by molar-refractivity contribution is 7.55. The fourth-order valence-corrected chi connectivity index (χ4v) is 3.99. The maximum Gasteiger partial charge on any atom is 0.356 e. The number of anilines is 1. The van der Waals surface area contributed by atoms with Crippen LogP contribution in [0.4, 0.5) is 5.69 Å². The van der Waals surface area contributed by atoms with E-state index < -0.39 is 25.3 Å². The van der Waals surface area contributed by atoms with Crippen molar-refractivity contribution in [1.82, 2.24) is 0 Å². The molecule has 140 valence electrons. The predicted molar refractivity (Wildman–Crippen MR) is 95.5 cm³/mol. The van der Waals surface area contributed by atoms with Crippen LogP contribution in [0.1, 0.15) is 5.56 Å². The van der Waals surface area contributed by atoms with E-state index in [2.05, 4.69) is 4.74 Å². The van der Waals surface area contributed by atoms with Gasteiger partial charge in [0, 0.05) is 19.9 Å². The Labute approximate surface area is 151 Å². The van der Waals surface area contributed by atoms with Gasteiger partial charge in [0.05, 0.1) is 20.3 Å². The van der Waals surface area contributed by atoms with E-state index in [9.17, 15) is 14.2 Å². The minimum Gasteiger partial charge on any atom is -0.466 e. The molecule has 0 aromatic heterocycles. The summed E-state index contributed by atoms with van der Waals surface area (Å²) in [5.41, 5.74) is 1.13. The van der Waals surface area contributed by atoms with Gasteiger partial charge in [-0.1, -0.05) is 24.3 Å². The molecule has 0 N–H and O–H groups in total. The van der Waals surface area contributed by atoms with Gasteiger partial charge in [0.2, 0.25) is 0 Å². The summed E-state index contributed by atoms with van der Waals surface area (Å²) in [5.74, 6) is -2.55. The first-order valence-corrected chi connectivity index (χ1v) is 9.18. The summed E-state index contributed by atoms with van der Waals surface area (Å²) in [6, 6.07) is 7.09. The van der Waals surface area contributed by atoms with Crippen molar-refractivity contribution in [3.63, 3.8) is 0 Å². The van der Waals surface area contributed by atoms with E-state index >= 15 is 0 Å². The first-order chi connectivity index (χ1) is 12.4. The molecular formula is C17H20NO7P. The molecule has 2 rings (SSSR count). The highest BCUT2D eigenvalue weighted by atomic mass is 31.2. The third kappa shape index (κ3) is 3.72. The third-order valence-electron chi connectivity index (χ3n) is 3.85. The smallest absolute Gasteiger partial charge is 0.356 e. The summed E-state index contributed by atoms with van der Waals surface area (Å²) in [4.78, 5) is 25.6. The van der Waals surface area contributed by atoms with Gasteiger partial charge < -0.3 is 23.4 Å². The second-order valence-electron chi connectivity index (χ2n) is 5.15. The second-order valence-corrected chi connectivity index (χ2v) is 7.49. The molecule has 1 unspecified atom stereocenters. The Bertz CT molecular complexity index is 794. The van der Waals surface area contributed by atoms with E-state index in [0.717, 1.165) is 11.6 Å². The molecule has 0 bridgehead atoms. The average Bonchev–Trinajstić information content (AvgIpc) is 2.69. The molecule has 8 nitrogen and oxygen atoms in total. The summed E-state index contributed by atoms with van der Waals surface area (Å²) in [6.45, 7) is 0. The van der Waals surface area contributed by atoms with E-state index in [1.165, 1.54) is 33.3 Å². The number of carbonyl (C=O) groups excluding carboxylic acids is 2.